The first-order chi connectivity index (χ1) is 15.2. The van der Waals surface area contributed by atoms with Crippen LogP contribution in [0.3, 0.4) is 0 Å². The summed E-state index contributed by atoms with van der Waals surface area (Å²) in [6.07, 6.45) is 0. The first kappa shape index (κ1) is 22.3. The first-order valence-corrected chi connectivity index (χ1v) is 12.2. The van der Waals surface area contributed by atoms with Gasteiger partial charge in [-0.1, -0.05) is 41.6 Å². The maximum Gasteiger partial charge on any atom is 0.328 e. The van der Waals surface area contributed by atoms with Gasteiger partial charge < -0.3 is 4.74 Å². The molecule has 0 fully saturated rings. The molecule has 0 aliphatic heterocycles. The monoisotopic (exact) mass is 489 g/mol. The maximum absolute atomic E-state index is 13.3. The number of ether oxygens (including phenoxy) is 1. The van der Waals surface area contributed by atoms with Crippen molar-refractivity contribution >= 4 is 50.1 Å². The highest BCUT2D eigenvalue weighted by molar-refractivity contribution is 7.99. The van der Waals surface area contributed by atoms with Crippen LogP contribution < -0.4 is 15.1 Å². The minimum atomic E-state index is -4.05. The number of benzene rings is 3. The van der Waals surface area contributed by atoms with Gasteiger partial charge in [0.1, 0.15) is 10.6 Å². The minimum absolute atomic E-state index is 0.0785. The van der Waals surface area contributed by atoms with Crippen LogP contribution in [-0.2, 0) is 24.1 Å². The lowest BCUT2D eigenvalue weighted by Crippen LogP contribution is -2.19. The van der Waals surface area contributed by atoms with Crippen LogP contribution in [0, 0.1) is 0 Å². The van der Waals surface area contributed by atoms with Crippen molar-refractivity contribution in [1.82, 2.24) is 9.13 Å². The fraction of sp³-hybridized carbons (Fsp3) is 0.136. The second-order valence-electron chi connectivity index (χ2n) is 7.05. The van der Waals surface area contributed by atoms with Gasteiger partial charge in [-0.3, -0.25) is 13.9 Å². The zero-order chi connectivity index (χ0) is 23.0. The summed E-state index contributed by atoms with van der Waals surface area (Å²) >= 11 is 7.44. The van der Waals surface area contributed by atoms with E-state index in [1.165, 1.54) is 40.1 Å². The van der Waals surface area contributed by atoms with Crippen LogP contribution in [0.1, 0.15) is 0 Å². The highest BCUT2D eigenvalue weighted by atomic mass is 35.5. The Labute approximate surface area is 194 Å². The van der Waals surface area contributed by atoms with Gasteiger partial charge in [0.2, 0.25) is 0 Å². The average molecular weight is 490 g/mol. The van der Waals surface area contributed by atoms with Gasteiger partial charge in [0.25, 0.3) is 10.0 Å². The number of rotatable bonds is 6. The number of aromatic nitrogens is 2. The molecule has 4 aromatic rings. The smallest absolute Gasteiger partial charge is 0.328 e. The molecule has 166 valence electrons. The summed E-state index contributed by atoms with van der Waals surface area (Å²) in [5.74, 6) is 0.173. The van der Waals surface area contributed by atoms with E-state index in [4.69, 9.17) is 16.3 Å². The third-order valence-corrected chi connectivity index (χ3v) is 7.69. The van der Waals surface area contributed by atoms with Crippen molar-refractivity contribution in [3.63, 3.8) is 0 Å². The van der Waals surface area contributed by atoms with Gasteiger partial charge in [0.05, 0.1) is 23.8 Å². The average Bonchev–Trinajstić information content (AvgIpc) is 2.98. The normalized spacial score (nSPS) is 11.6. The quantitative estimate of drug-likeness (QED) is 0.431. The molecule has 0 aliphatic rings. The van der Waals surface area contributed by atoms with E-state index >= 15 is 0 Å². The van der Waals surface area contributed by atoms with E-state index in [1.54, 1.807) is 26.2 Å². The first-order valence-electron chi connectivity index (χ1n) is 9.50. The van der Waals surface area contributed by atoms with Crippen LogP contribution in [0.15, 0.2) is 80.1 Å². The summed E-state index contributed by atoms with van der Waals surface area (Å²) in [6, 6.07) is 17.4. The second-order valence-corrected chi connectivity index (χ2v) is 10.3. The van der Waals surface area contributed by atoms with Gasteiger partial charge in [-0.25, -0.2) is 13.2 Å². The Morgan fingerprint density at radius 1 is 0.969 bits per heavy atom. The predicted molar refractivity (Wildman–Crippen MR) is 128 cm³/mol. The lowest BCUT2D eigenvalue weighted by molar-refractivity contribution is 0.403. The fourth-order valence-electron chi connectivity index (χ4n) is 3.37. The Kier molecular flexibility index (Phi) is 5.98. The van der Waals surface area contributed by atoms with Crippen molar-refractivity contribution < 1.29 is 13.2 Å². The highest BCUT2D eigenvalue weighted by Gasteiger charge is 2.23. The molecule has 1 heterocycles. The molecule has 3 aromatic carbocycles. The summed E-state index contributed by atoms with van der Waals surface area (Å²) < 4.78 is 37.5. The predicted octanol–water partition coefficient (Wildman–Crippen LogP) is 4.49. The Balaban J connectivity index is 1.88. The third kappa shape index (κ3) is 4.11. The van der Waals surface area contributed by atoms with Gasteiger partial charge in [-0.15, -0.1) is 0 Å². The fourth-order valence-corrected chi connectivity index (χ4v) is 5.87. The van der Waals surface area contributed by atoms with Gasteiger partial charge in [-0.2, -0.15) is 0 Å². The molecular weight excluding hydrogens is 470 g/mol. The Morgan fingerprint density at radius 2 is 1.62 bits per heavy atom. The van der Waals surface area contributed by atoms with Gasteiger partial charge in [0, 0.05) is 28.9 Å². The molecule has 1 aromatic heterocycles. The molecule has 4 rings (SSSR count). The zero-order valence-electron chi connectivity index (χ0n) is 17.5. The molecular formula is C22H20ClN3O4S2. The lowest BCUT2D eigenvalue weighted by atomic mass is 10.3. The lowest BCUT2D eigenvalue weighted by Gasteiger charge is -2.15. The summed E-state index contributed by atoms with van der Waals surface area (Å²) in [4.78, 5) is 13.9. The molecule has 0 atom stereocenters. The van der Waals surface area contributed by atoms with E-state index in [-0.39, 0.29) is 21.4 Å². The Bertz CT molecular complexity index is 1480. The Hall–Kier alpha value is -2.88. The van der Waals surface area contributed by atoms with Crippen molar-refractivity contribution in [2.45, 2.75) is 14.7 Å². The molecule has 0 saturated heterocycles. The molecule has 0 amide bonds. The molecule has 10 heteroatoms. The van der Waals surface area contributed by atoms with E-state index < -0.39 is 10.0 Å². The van der Waals surface area contributed by atoms with E-state index in [0.717, 1.165) is 4.90 Å². The number of methoxy groups -OCH3 is 1. The van der Waals surface area contributed by atoms with Crippen LogP contribution >= 0.6 is 23.4 Å². The molecule has 0 unspecified atom stereocenters. The standard InChI is InChI=1S/C22H20ClN3O4S2/c1-25-17-12-16(24-32(28,29)21-11-14(23)9-10-19(21)30-3)20(13-18(17)26(2)22(25)27)31-15-7-5-4-6-8-15/h4-13,24H,1-3H3. The number of hydrogen-bond donors (Lipinski definition) is 1. The largest absolute Gasteiger partial charge is 0.495 e. The number of aryl methyl sites for hydroxylation is 2. The van der Waals surface area contributed by atoms with Crippen LogP contribution in [0.2, 0.25) is 5.02 Å². The van der Waals surface area contributed by atoms with Crippen molar-refractivity contribution in [3.05, 3.63) is 76.2 Å². The number of halogens is 1. The van der Waals surface area contributed by atoms with Gasteiger partial charge >= 0.3 is 5.69 Å². The summed E-state index contributed by atoms with van der Waals surface area (Å²) in [7, 11) is 0.677. The van der Waals surface area contributed by atoms with Crippen LogP contribution in [-0.4, -0.2) is 24.7 Å². The molecule has 0 aliphatic carbocycles. The number of anilines is 1. The Morgan fingerprint density at radius 3 is 2.28 bits per heavy atom. The molecule has 7 nitrogen and oxygen atoms in total. The summed E-state index contributed by atoms with van der Waals surface area (Å²) in [5.41, 5.74) is 1.44. The van der Waals surface area contributed by atoms with Gasteiger partial charge in [-0.05, 0) is 42.5 Å². The molecule has 32 heavy (non-hydrogen) atoms. The SMILES string of the molecule is COc1ccc(Cl)cc1S(=O)(=O)Nc1cc2c(cc1Sc1ccccc1)n(C)c(=O)n2C. The van der Waals surface area contributed by atoms with Gasteiger partial charge in [0.15, 0.2) is 0 Å². The van der Waals surface area contributed by atoms with E-state index in [1.807, 2.05) is 36.4 Å². The number of fused-ring (bicyclic) bond motifs is 1. The second kappa shape index (κ2) is 8.57. The molecule has 1 N–H and O–H groups in total. The van der Waals surface area contributed by atoms with Crippen LogP contribution in [0.5, 0.6) is 5.75 Å². The molecule has 0 bridgehead atoms. The topological polar surface area (TPSA) is 82.3 Å². The minimum Gasteiger partial charge on any atom is -0.495 e. The van der Waals surface area contributed by atoms with E-state index in [0.29, 0.717) is 21.6 Å². The third-order valence-electron chi connectivity index (χ3n) is 5.00. The highest BCUT2D eigenvalue weighted by Crippen LogP contribution is 2.38. The summed E-state index contributed by atoms with van der Waals surface area (Å²) in [6.45, 7) is 0. The van der Waals surface area contributed by atoms with Crippen molar-refractivity contribution in [2.75, 3.05) is 11.8 Å². The number of imidazole rings is 1. The van der Waals surface area contributed by atoms with E-state index in [9.17, 15) is 13.2 Å². The van der Waals surface area contributed by atoms with E-state index in [2.05, 4.69) is 4.72 Å². The number of hydrogen-bond acceptors (Lipinski definition) is 5. The van der Waals surface area contributed by atoms with Crippen molar-refractivity contribution in [1.29, 1.82) is 0 Å². The summed E-state index contributed by atoms with van der Waals surface area (Å²) in [5, 5.41) is 0.269. The number of nitrogens with one attached hydrogen (secondary N) is 1. The number of sulfonamides is 1. The number of nitrogens with zero attached hydrogens (tertiary/aromatic N) is 2. The molecule has 0 spiro atoms. The van der Waals surface area contributed by atoms with Crippen molar-refractivity contribution in [3.8, 4) is 5.75 Å². The maximum atomic E-state index is 13.3. The molecule has 0 radical (unpaired) electrons. The zero-order valence-corrected chi connectivity index (χ0v) is 19.9. The van der Waals surface area contributed by atoms with Crippen LogP contribution in [0.4, 0.5) is 5.69 Å². The molecule has 0 saturated carbocycles. The van der Waals surface area contributed by atoms with Crippen LogP contribution in [0.25, 0.3) is 11.0 Å². The van der Waals surface area contributed by atoms with Crippen molar-refractivity contribution in [2.24, 2.45) is 14.1 Å².